The molecule has 18 heavy (non-hydrogen) atoms. The highest BCUT2D eigenvalue weighted by Crippen LogP contribution is 2.15. The summed E-state index contributed by atoms with van der Waals surface area (Å²) in [5.74, 6) is -0.00792. The highest BCUT2D eigenvalue weighted by molar-refractivity contribution is 5.94. The second-order valence-electron chi connectivity index (χ2n) is 4.06. The summed E-state index contributed by atoms with van der Waals surface area (Å²) in [6, 6.07) is 7.73. The van der Waals surface area contributed by atoms with Gasteiger partial charge in [0, 0.05) is 25.4 Å². The van der Waals surface area contributed by atoms with Gasteiger partial charge in [-0.3, -0.25) is 4.79 Å². The minimum absolute atomic E-state index is 0.00792. The fourth-order valence-electron chi connectivity index (χ4n) is 1.70. The molecule has 1 rings (SSSR count). The number of nitrogens with two attached hydrogens (primary N) is 1. The maximum absolute atomic E-state index is 12.0. The van der Waals surface area contributed by atoms with Crippen LogP contribution in [-0.2, 0) is 16.1 Å². The molecule has 1 aromatic carbocycles. The summed E-state index contributed by atoms with van der Waals surface area (Å²) < 4.78 is 5.28. The summed E-state index contributed by atoms with van der Waals surface area (Å²) in [5, 5.41) is 0. The molecular weight excluding hydrogens is 228 g/mol. The lowest BCUT2D eigenvalue weighted by Gasteiger charge is -2.21. The van der Waals surface area contributed by atoms with Crippen molar-refractivity contribution in [3.05, 3.63) is 29.8 Å². The molecule has 0 heterocycles. The van der Waals surface area contributed by atoms with Gasteiger partial charge in [0.2, 0.25) is 0 Å². The third-order valence-electron chi connectivity index (χ3n) is 2.67. The highest BCUT2D eigenvalue weighted by atomic mass is 16.5. The summed E-state index contributed by atoms with van der Waals surface area (Å²) in [6.07, 6.45) is 0.921. The van der Waals surface area contributed by atoms with Gasteiger partial charge in [-0.05, 0) is 31.0 Å². The molecule has 4 nitrogen and oxygen atoms in total. The van der Waals surface area contributed by atoms with E-state index in [0.29, 0.717) is 19.7 Å². The molecule has 0 aliphatic carbocycles. The number of nitrogens with zero attached hydrogens (tertiary/aromatic N) is 1. The lowest BCUT2D eigenvalue weighted by Crippen LogP contribution is -2.33. The Morgan fingerprint density at radius 3 is 2.44 bits per heavy atom. The average molecular weight is 250 g/mol. The zero-order valence-corrected chi connectivity index (χ0v) is 11.2. The van der Waals surface area contributed by atoms with Crippen molar-refractivity contribution < 1.29 is 9.53 Å². The van der Waals surface area contributed by atoms with E-state index in [1.165, 1.54) is 0 Å². The van der Waals surface area contributed by atoms with E-state index < -0.39 is 0 Å². The molecule has 2 N–H and O–H groups in total. The van der Waals surface area contributed by atoms with Gasteiger partial charge in [0.25, 0.3) is 5.91 Å². The van der Waals surface area contributed by atoms with Gasteiger partial charge < -0.3 is 15.4 Å². The van der Waals surface area contributed by atoms with Crippen LogP contribution in [0.2, 0.25) is 0 Å². The molecule has 4 heteroatoms. The fourth-order valence-corrected chi connectivity index (χ4v) is 1.70. The molecule has 0 aliphatic rings. The molecule has 0 saturated carbocycles. The van der Waals surface area contributed by atoms with E-state index in [2.05, 4.69) is 0 Å². The van der Waals surface area contributed by atoms with Crippen LogP contribution in [0.15, 0.2) is 24.3 Å². The Labute approximate surface area is 109 Å². The minimum Gasteiger partial charge on any atom is -0.372 e. The van der Waals surface area contributed by atoms with Crippen molar-refractivity contribution in [2.75, 3.05) is 24.7 Å². The normalized spacial score (nSPS) is 10.4. The molecule has 0 radical (unpaired) electrons. The highest BCUT2D eigenvalue weighted by Gasteiger charge is 2.13. The van der Waals surface area contributed by atoms with Gasteiger partial charge in [0.1, 0.15) is 6.61 Å². The molecule has 100 valence electrons. The Kier molecular flexibility index (Phi) is 6.39. The van der Waals surface area contributed by atoms with Crippen LogP contribution in [0.4, 0.5) is 5.69 Å². The molecule has 0 bridgehead atoms. The number of rotatable bonds is 7. The summed E-state index contributed by atoms with van der Waals surface area (Å²) in [7, 11) is 0. The lowest BCUT2D eigenvalue weighted by molar-refractivity contribution is -0.123. The van der Waals surface area contributed by atoms with Crippen molar-refractivity contribution in [1.82, 2.24) is 0 Å². The van der Waals surface area contributed by atoms with Gasteiger partial charge in [0.15, 0.2) is 0 Å². The SMILES string of the molecule is CCCOCC(=O)N(CC)c1ccc(CN)cc1. The number of amides is 1. The standard InChI is InChI=1S/C14H22N2O2/c1-3-9-18-11-14(17)16(4-2)13-7-5-12(10-15)6-8-13/h5-8H,3-4,9-11,15H2,1-2H3. The van der Waals surface area contributed by atoms with Gasteiger partial charge in [-0.1, -0.05) is 19.1 Å². The number of hydrogen-bond donors (Lipinski definition) is 1. The van der Waals surface area contributed by atoms with Crippen LogP contribution < -0.4 is 10.6 Å². The third kappa shape index (κ3) is 4.13. The van der Waals surface area contributed by atoms with Crippen LogP contribution in [0.25, 0.3) is 0 Å². The zero-order chi connectivity index (χ0) is 13.4. The van der Waals surface area contributed by atoms with Gasteiger partial charge in [-0.15, -0.1) is 0 Å². The first-order chi connectivity index (χ1) is 8.72. The molecule has 0 spiro atoms. The predicted molar refractivity (Wildman–Crippen MR) is 73.5 cm³/mol. The summed E-state index contributed by atoms with van der Waals surface area (Å²) in [4.78, 5) is 13.7. The summed E-state index contributed by atoms with van der Waals surface area (Å²) >= 11 is 0. The average Bonchev–Trinajstić information content (AvgIpc) is 2.41. The quantitative estimate of drug-likeness (QED) is 0.752. The van der Waals surface area contributed by atoms with Crippen molar-refractivity contribution in [2.24, 2.45) is 5.73 Å². The number of carbonyl (C=O) groups is 1. The van der Waals surface area contributed by atoms with Gasteiger partial charge in [0.05, 0.1) is 0 Å². The Bertz CT molecular complexity index is 363. The largest absolute Gasteiger partial charge is 0.372 e. The smallest absolute Gasteiger partial charge is 0.252 e. The van der Waals surface area contributed by atoms with E-state index in [1.807, 2.05) is 38.1 Å². The van der Waals surface area contributed by atoms with Crippen molar-refractivity contribution in [1.29, 1.82) is 0 Å². The molecule has 1 amide bonds. The molecule has 0 fully saturated rings. The first-order valence-corrected chi connectivity index (χ1v) is 6.40. The second kappa shape index (κ2) is 7.84. The fraction of sp³-hybridized carbons (Fsp3) is 0.500. The number of carbonyl (C=O) groups excluding carboxylic acids is 1. The van der Waals surface area contributed by atoms with Crippen LogP contribution in [0.3, 0.4) is 0 Å². The van der Waals surface area contributed by atoms with Crippen LogP contribution >= 0.6 is 0 Å². The van der Waals surface area contributed by atoms with Crippen molar-refractivity contribution in [2.45, 2.75) is 26.8 Å². The number of likely N-dealkylation sites (N-methyl/N-ethyl adjacent to an activating group) is 1. The summed E-state index contributed by atoms with van der Waals surface area (Å²) in [6.45, 7) is 5.88. The molecule has 0 atom stereocenters. The lowest BCUT2D eigenvalue weighted by atomic mass is 10.2. The van der Waals surface area contributed by atoms with Crippen molar-refractivity contribution >= 4 is 11.6 Å². The molecule has 0 aromatic heterocycles. The minimum atomic E-state index is -0.00792. The maximum Gasteiger partial charge on any atom is 0.252 e. The zero-order valence-electron chi connectivity index (χ0n) is 11.2. The maximum atomic E-state index is 12.0. The number of benzene rings is 1. The first-order valence-electron chi connectivity index (χ1n) is 6.40. The Morgan fingerprint density at radius 1 is 1.28 bits per heavy atom. The Balaban J connectivity index is 2.66. The number of ether oxygens (including phenoxy) is 1. The molecule has 0 saturated heterocycles. The molecule has 0 aliphatic heterocycles. The second-order valence-corrected chi connectivity index (χ2v) is 4.06. The Morgan fingerprint density at radius 2 is 1.94 bits per heavy atom. The molecule has 1 aromatic rings. The van der Waals surface area contributed by atoms with Gasteiger partial charge in [-0.25, -0.2) is 0 Å². The number of anilines is 1. The first kappa shape index (κ1) is 14.7. The van der Waals surface area contributed by atoms with E-state index in [-0.39, 0.29) is 12.5 Å². The topological polar surface area (TPSA) is 55.6 Å². The van der Waals surface area contributed by atoms with Crippen LogP contribution in [0, 0.1) is 0 Å². The van der Waals surface area contributed by atoms with Crippen LogP contribution in [-0.4, -0.2) is 25.7 Å². The predicted octanol–water partition coefficient (Wildman–Crippen LogP) is 1.92. The van der Waals surface area contributed by atoms with E-state index >= 15 is 0 Å². The van der Waals surface area contributed by atoms with E-state index in [1.54, 1.807) is 4.90 Å². The molecule has 0 unspecified atom stereocenters. The summed E-state index contributed by atoms with van der Waals surface area (Å²) in [5.41, 5.74) is 7.50. The van der Waals surface area contributed by atoms with Crippen molar-refractivity contribution in [3.8, 4) is 0 Å². The monoisotopic (exact) mass is 250 g/mol. The van der Waals surface area contributed by atoms with Crippen molar-refractivity contribution in [3.63, 3.8) is 0 Å². The van der Waals surface area contributed by atoms with Gasteiger partial charge in [-0.2, -0.15) is 0 Å². The van der Waals surface area contributed by atoms with E-state index in [0.717, 1.165) is 17.7 Å². The van der Waals surface area contributed by atoms with Crippen LogP contribution in [0.5, 0.6) is 0 Å². The third-order valence-corrected chi connectivity index (χ3v) is 2.67. The molecular formula is C14H22N2O2. The van der Waals surface area contributed by atoms with E-state index in [9.17, 15) is 4.79 Å². The van der Waals surface area contributed by atoms with E-state index in [4.69, 9.17) is 10.5 Å². The van der Waals surface area contributed by atoms with Gasteiger partial charge >= 0.3 is 0 Å². The van der Waals surface area contributed by atoms with Crippen LogP contribution in [0.1, 0.15) is 25.8 Å². The number of hydrogen-bond acceptors (Lipinski definition) is 3. The Hall–Kier alpha value is -1.39.